The Morgan fingerprint density at radius 3 is 2.65 bits per heavy atom. The van der Waals surface area contributed by atoms with Gasteiger partial charge in [-0.05, 0) is 30.7 Å². The minimum Gasteiger partial charge on any atom is -0.492 e. The average Bonchev–Trinajstić information content (AvgIpc) is 2.50. The number of benzene rings is 1. The van der Waals surface area contributed by atoms with E-state index in [1.54, 1.807) is 6.07 Å². The van der Waals surface area contributed by atoms with Crippen LogP contribution >= 0.6 is 0 Å². The summed E-state index contributed by atoms with van der Waals surface area (Å²) in [4.78, 5) is 4.11. The Kier molecular flexibility index (Phi) is 5.50. The molecule has 1 heterocycles. The van der Waals surface area contributed by atoms with E-state index >= 15 is 0 Å². The minimum absolute atomic E-state index is 0.120. The van der Waals surface area contributed by atoms with Gasteiger partial charge in [-0.25, -0.2) is 4.39 Å². The molecule has 20 heavy (non-hydrogen) atoms. The topological polar surface area (TPSA) is 34.1 Å². The standard InChI is InChI=1S/C16H19FN2O/c1-2-15(16-9-8-13(17)12-19-16)18-10-11-20-14-6-4-3-5-7-14/h3-9,12,15,18H,2,10-11H2,1H3. The summed E-state index contributed by atoms with van der Waals surface area (Å²) in [6.45, 7) is 3.37. The van der Waals surface area contributed by atoms with Crippen LogP contribution in [0.3, 0.4) is 0 Å². The number of para-hydroxylation sites is 1. The number of ether oxygens (including phenoxy) is 1. The van der Waals surface area contributed by atoms with Crippen LogP contribution in [0.25, 0.3) is 0 Å². The lowest BCUT2D eigenvalue weighted by Crippen LogP contribution is -2.26. The van der Waals surface area contributed by atoms with Crippen LogP contribution in [0.5, 0.6) is 5.75 Å². The molecule has 1 aromatic carbocycles. The van der Waals surface area contributed by atoms with Gasteiger partial charge >= 0.3 is 0 Å². The van der Waals surface area contributed by atoms with Gasteiger partial charge in [0.2, 0.25) is 0 Å². The van der Waals surface area contributed by atoms with Gasteiger partial charge in [-0.15, -0.1) is 0 Å². The summed E-state index contributed by atoms with van der Waals surface area (Å²) in [6.07, 6.45) is 2.14. The van der Waals surface area contributed by atoms with Gasteiger partial charge in [0.15, 0.2) is 0 Å². The van der Waals surface area contributed by atoms with Crippen molar-refractivity contribution in [2.24, 2.45) is 0 Å². The highest BCUT2D eigenvalue weighted by Crippen LogP contribution is 2.14. The second-order valence-corrected chi connectivity index (χ2v) is 4.48. The Bertz CT molecular complexity index is 502. The fourth-order valence-corrected chi connectivity index (χ4v) is 1.97. The van der Waals surface area contributed by atoms with Gasteiger partial charge in [0.1, 0.15) is 18.2 Å². The summed E-state index contributed by atoms with van der Waals surface area (Å²) >= 11 is 0. The zero-order valence-corrected chi connectivity index (χ0v) is 11.6. The van der Waals surface area contributed by atoms with Crippen molar-refractivity contribution in [3.8, 4) is 5.75 Å². The Balaban J connectivity index is 1.78. The van der Waals surface area contributed by atoms with Gasteiger partial charge < -0.3 is 10.1 Å². The van der Waals surface area contributed by atoms with Crippen molar-refractivity contribution in [1.82, 2.24) is 10.3 Å². The van der Waals surface area contributed by atoms with Crippen molar-refractivity contribution >= 4 is 0 Å². The Morgan fingerprint density at radius 1 is 1.20 bits per heavy atom. The summed E-state index contributed by atoms with van der Waals surface area (Å²) in [7, 11) is 0. The van der Waals surface area contributed by atoms with E-state index in [4.69, 9.17) is 4.74 Å². The lowest BCUT2D eigenvalue weighted by atomic mass is 10.1. The number of rotatable bonds is 7. The molecule has 1 aromatic heterocycles. The summed E-state index contributed by atoms with van der Waals surface area (Å²) in [6, 6.07) is 13.0. The van der Waals surface area contributed by atoms with Crippen LogP contribution < -0.4 is 10.1 Å². The summed E-state index contributed by atoms with van der Waals surface area (Å²) in [5, 5.41) is 3.37. The van der Waals surface area contributed by atoms with Crippen LogP contribution in [-0.2, 0) is 0 Å². The highest BCUT2D eigenvalue weighted by molar-refractivity contribution is 5.20. The van der Waals surface area contributed by atoms with Crippen LogP contribution in [0.15, 0.2) is 48.7 Å². The first kappa shape index (κ1) is 14.5. The van der Waals surface area contributed by atoms with E-state index in [1.807, 2.05) is 30.3 Å². The fraction of sp³-hybridized carbons (Fsp3) is 0.312. The summed E-state index contributed by atoms with van der Waals surface area (Å²) < 4.78 is 18.5. The molecule has 0 fully saturated rings. The summed E-state index contributed by atoms with van der Waals surface area (Å²) in [5.41, 5.74) is 0.855. The third kappa shape index (κ3) is 4.31. The first-order valence-electron chi connectivity index (χ1n) is 6.82. The number of nitrogens with zero attached hydrogens (tertiary/aromatic N) is 1. The van der Waals surface area contributed by atoms with Crippen molar-refractivity contribution in [1.29, 1.82) is 0 Å². The van der Waals surface area contributed by atoms with E-state index in [0.29, 0.717) is 13.2 Å². The van der Waals surface area contributed by atoms with Crippen LogP contribution in [-0.4, -0.2) is 18.1 Å². The van der Waals surface area contributed by atoms with E-state index in [-0.39, 0.29) is 11.9 Å². The molecule has 0 amide bonds. The van der Waals surface area contributed by atoms with Gasteiger partial charge in [-0.2, -0.15) is 0 Å². The summed E-state index contributed by atoms with van der Waals surface area (Å²) in [5.74, 6) is 0.554. The van der Waals surface area contributed by atoms with Crippen molar-refractivity contribution < 1.29 is 9.13 Å². The van der Waals surface area contributed by atoms with Gasteiger partial charge in [0.05, 0.1) is 11.9 Å². The smallest absolute Gasteiger partial charge is 0.141 e. The van der Waals surface area contributed by atoms with E-state index in [0.717, 1.165) is 17.9 Å². The lowest BCUT2D eigenvalue weighted by Gasteiger charge is -2.16. The number of hydrogen-bond donors (Lipinski definition) is 1. The predicted octanol–water partition coefficient (Wildman–Crippen LogP) is 3.34. The molecule has 0 saturated carbocycles. The molecular weight excluding hydrogens is 255 g/mol. The quantitative estimate of drug-likeness (QED) is 0.786. The average molecular weight is 274 g/mol. The van der Waals surface area contributed by atoms with Crippen molar-refractivity contribution in [2.75, 3.05) is 13.2 Å². The number of halogens is 1. The molecule has 1 atom stereocenters. The lowest BCUT2D eigenvalue weighted by molar-refractivity contribution is 0.303. The van der Waals surface area contributed by atoms with E-state index in [9.17, 15) is 4.39 Å². The highest BCUT2D eigenvalue weighted by Gasteiger charge is 2.09. The van der Waals surface area contributed by atoms with Gasteiger partial charge in [-0.1, -0.05) is 25.1 Å². The number of aromatic nitrogens is 1. The Labute approximate surface area is 118 Å². The van der Waals surface area contributed by atoms with Crippen LogP contribution in [0.4, 0.5) is 4.39 Å². The fourth-order valence-electron chi connectivity index (χ4n) is 1.97. The molecule has 0 aliphatic heterocycles. The molecule has 3 nitrogen and oxygen atoms in total. The molecule has 0 aliphatic carbocycles. The Morgan fingerprint density at radius 2 is 2.00 bits per heavy atom. The second-order valence-electron chi connectivity index (χ2n) is 4.48. The maximum absolute atomic E-state index is 12.8. The second kappa shape index (κ2) is 7.60. The molecule has 106 valence electrons. The molecule has 1 N–H and O–H groups in total. The third-order valence-corrected chi connectivity index (χ3v) is 3.02. The zero-order valence-electron chi connectivity index (χ0n) is 11.6. The molecule has 1 unspecified atom stereocenters. The van der Waals surface area contributed by atoms with Gasteiger partial charge in [-0.3, -0.25) is 4.98 Å². The molecule has 0 aliphatic rings. The van der Waals surface area contributed by atoms with Crippen LogP contribution in [0.1, 0.15) is 25.1 Å². The first-order chi connectivity index (χ1) is 9.79. The van der Waals surface area contributed by atoms with Crippen molar-refractivity contribution in [3.63, 3.8) is 0 Å². The largest absolute Gasteiger partial charge is 0.492 e. The molecule has 0 saturated heterocycles. The highest BCUT2D eigenvalue weighted by atomic mass is 19.1. The zero-order chi connectivity index (χ0) is 14.2. The molecule has 2 rings (SSSR count). The normalized spacial score (nSPS) is 12.1. The molecule has 0 radical (unpaired) electrons. The molecule has 4 heteroatoms. The van der Waals surface area contributed by atoms with Crippen molar-refractivity contribution in [2.45, 2.75) is 19.4 Å². The Hall–Kier alpha value is -1.94. The predicted molar refractivity (Wildman–Crippen MR) is 77.2 cm³/mol. The van der Waals surface area contributed by atoms with Gasteiger partial charge in [0.25, 0.3) is 0 Å². The van der Waals surface area contributed by atoms with Crippen molar-refractivity contribution in [3.05, 3.63) is 60.2 Å². The molecule has 2 aromatic rings. The number of nitrogens with one attached hydrogen (secondary N) is 1. The van der Waals surface area contributed by atoms with Crippen LogP contribution in [0.2, 0.25) is 0 Å². The maximum atomic E-state index is 12.8. The van der Waals surface area contributed by atoms with E-state index in [1.165, 1.54) is 12.3 Å². The number of pyridine rings is 1. The number of hydrogen-bond acceptors (Lipinski definition) is 3. The van der Waals surface area contributed by atoms with E-state index in [2.05, 4.69) is 17.2 Å². The van der Waals surface area contributed by atoms with Crippen LogP contribution in [0, 0.1) is 5.82 Å². The maximum Gasteiger partial charge on any atom is 0.141 e. The molecule has 0 spiro atoms. The first-order valence-corrected chi connectivity index (χ1v) is 6.82. The van der Waals surface area contributed by atoms with E-state index < -0.39 is 0 Å². The van der Waals surface area contributed by atoms with Gasteiger partial charge in [0, 0.05) is 12.6 Å². The minimum atomic E-state index is -0.309. The third-order valence-electron chi connectivity index (χ3n) is 3.02. The molecule has 0 bridgehead atoms. The monoisotopic (exact) mass is 274 g/mol. The molecular formula is C16H19FN2O. The SMILES string of the molecule is CCC(NCCOc1ccccc1)c1ccc(F)cn1.